The number of hydrogen-bond acceptors (Lipinski definition) is 5. The van der Waals surface area contributed by atoms with Crippen LogP contribution in [-0.4, -0.2) is 28.9 Å². The molecule has 4 rings (SSSR count). The Labute approximate surface area is 180 Å². The number of methoxy groups -OCH3 is 1. The summed E-state index contributed by atoms with van der Waals surface area (Å²) in [6, 6.07) is 17.0. The van der Waals surface area contributed by atoms with Gasteiger partial charge < -0.3 is 9.84 Å². The topological polar surface area (TPSA) is 79.7 Å². The molecule has 1 aliphatic rings. The summed E-state index contributed by atoms with van der Waals surface area (Å²) < 4.78 is 5.35. The minimum atomic E-state index is -0.791. The molecule has 0 bridgehead atoms. The Hall–Kier alpha value is -3.93. The maximum Gasteiger partial charge on any atom is 0.300 e. The highest BCUT2D eigenvalue weighted by molar-refractivity contribution is 6.51. The largest absolute Gasteiger partial charge is 0.507 e. The monoisotopic (exact) mass is 414 g/mol. The van der Waals surface area contributed by atoms with E-state index in [0.29, 0.717) is 22.6 Å². The summed E-state index contributed by atoms with van der Waals surface area (Å²) in [5, 5.41) is 11.2. The Bertz CT molecular complexity index is 1150. The highest BCUT2D eigenvalue weighted by Crippen LogP contribution is 2.43. The number of para-hydroxylation sites is 1. The minimum Gasteiger partial charge on any atom is -0.507 e. The molecule has 31 heavy (non-hydrogen) atoms. The molecule has 0 radical (unpaired) electrons. The number of hydrogen-bond donors (Lipinski definition) is 1. The van der Waals surface area contributed by atoms with Gasteiger partial charge in [-0.15, -0.1) is 0 Å². The van der Waals surface area contributed by atoms with Crippen LogP contribution in [0.25, 0.3) is 5.76 Å². The molecular formula is C25H22N2O4. The zero-order chi connectivity index (χ0) is 22.0. The number of carbonyl (C=O) groups is 2. The highest BCUT2D eigenvalue weighted by atomic mass is 16.5. The van der Waals surface area contributed by atoms with E-state index >= 15 is 0 Å². The fourth-order valence-corrected chi connectivity index (χ4v) is 3.84. The number of nitrogens with zero attached hydrogens (tertiary/aromatic N) is 2. The molecular weight excluding hydrogens is 392 g/mol. The number of aryl methyl sites for hydroxylation is 1. The van der Waals surface area contributed by atoms with Gasteiger partial charge in [-0.2, -0.15) is 0 Å². The Morgan fingerprint density at radius 1 is 1.03 bits per heavy atom. The van der Waals surface area contributed by atoms with Crippen molar-refractivity contribution in [3.63, 3.8) is 0 Å². The lowest BCUT2D eigenvalue weighted by Gasteiger charge is -2.25. The molecule has 1 atom stereocenters. The van der Waals surface area contributed by atoms with E-state index < -0.39 is 17.7 Å². The van der Waals surface area contributed by atoms with Gasteiger partial charge in [-0.05, 0) is 53.9 Å². The summed E-state index contributed by atoms with van der Waals surface area (Å²) >= 11 is 0. The van der Waals surface area contributed by atoms with E-state index in [1.54, 1.807) is 48.8 Å². The lowest BCUT2D eigenvalue weighted by Crippen LogP contribution is -2.29. The molecule has 6 heteroatoms. The predicted octanol–water partition coefficient (Wildman–Crippen LogP) is 4.28. The summed E-state index contributed by atoms with van der Waals surface area (Å²) in [6.45, 7) is 2.05. The lowest BCUT2D eigenvalue weighted by atomic mass is 9.95. The predicted molar refractivity (Wildman–Crippen MR) is 118 cm³/mol. The molecule has 1 N–H and O–H groups in total. The summed E-state index contributed by atoms with van der Waals surface area (Å²) in [5.74, 6) is -1.30. The molecule has 3 aromatic rings. The second-order valence-electron chi connectivity index (χ2n) is 7.17. The number of amides is 1. The lowest BCUT2D eigenvalue weighted by molar-refractivity contribution is -0.132. The average molecular weight is 414 g/mol. The normalized spacial score (nSPS) is 17.7. The maximum atomic E-state index is 13.1. The smallest absolute Gasteiger partial charge is 0.300 e. The van der Waals surface area contributed by atoms with E-state index in [-0.39, 0.29) is 11.3 Å². The van der Waals surface area contributed by atoms with Crippen molar-refractivity contribution in [3.8, 4) is 5.75 Å². The maximum absolute atomic E-state index is 13.1. The number of pyridine rings is 1. The molecule has 1 fully saturated rings. The van der Waals surface area contributed by atoms with E-state index in [1.807, 2.05) is 31.2 Å². The zero-order valence-corrected chi connectivity index (χ0v) is 17.3. The second kappa shape index (κ2) is 8.44. The van der Waals surface area contributed by atoms with Gasteiger partial charge >= 0.3 is 0 Å². The zero-order valence-electron chi connectivity index (χ0n) is 17.3. The molecule has 2 heterocycles. The Morgan fingerprint density at radius 2 is 1.71 bits per heavy atom. The minimum absolute atomic E-state index is 0.0141. The number of aliphatic hydroxyl groups excluding tert-OH is 1. The highest BCUT2D eigenvalue weighted by Gasteiger charge is 2.47. The van der Waals surface area contributed by atoms with Crippen molar-refractivity contribution in [1.29, 1.82) is 0 Å². The van der Waals surface area contributed by atoms with Crippen LogP contribution in [0.3, 0.4) is 0 Å². The molecule has 1 unspecified atom stereocenters. The van der Waals surface area contributed by atoms with Crippen molar-refractivity contribution < 1.29 is 19.4 Å². The third-order valence-corrected chi connectivity index (χ3v) is 5.45. The fraction of sp³-hybridized carbons (Fsp3) is 0.160. The number of ether oxygens (including phenoxy) is 1. The van der Waals surface area contributed by atoms with E-state index in [2.05, 4.69) is 4.98 Å². The van der Waals surface area contributed by atoms with Crippen molar-refractivity contribution in [2.24, 2.45) is 0 Å². The number of anilines is 1. The van der Waals surface area contributed by atoms with Gasteiger partial charge in [-0.3, -0.25) is 19.5 Å². The van der Waals surface area contributed by atoms with Gasteiger partial charge in [-0.25, -0.2) is 0 Å². The van der Waals surface area contributed by atoms with Gasteiger partial charge in [0.05, 0.1) is 24.3 Å². The van der Waals surface area contributed by atoms with Crippen molar-refractivity contribution in [2.75, 3.05) is 12.0 Å². The average Bonchev–Trinajstić information content (AvgIpc) is 3.09. The van der Waals surface area contributed by atoms with Crippen LogP contribution in [-0.2, 0) is 16.0 Å². The first-order valence-electron chi connectivity index (χ1n) is 10.00. The fourth-order valence-electron chi connectivity index (χ4n) is 3.84. The van der Waals surface area contributed by atoms with Crippen LogP contribution in [0.15, 0.2) is 78.6 Å². The molecule has 1 aromatic heterocycles. The quantitative estimate of drug-likeness (QED) is 0.383. The summed E-state index contributed by atoms with van der Waals surface area (Å²) in [6.07, 6.45) is 4.05. The number of rotatable bonds is 5. The summed E-state index contributed by atoms with van der Waals surface area (Å²) in [7, 11) is 1.49. The van der Waals surface area contributed by atoms with Gasteiger partial charge in [0, 0.05) is 18.1 Å². The van der Waals surface area contributed by atoms with Crippen molar-refractivity contribution >= 4 is 23.1 Å². The standard InChI is InChI=1S/C25H22N2O4/c1-3-16-8-10-18(11-9-16)27-22(17-12-14-26-15-13-17)21(24(29)25(27)30)23(28)19-6-4-5-7-20(19)31-2/h4-15,22,28H,3H2,1-2H3/b23-21-. The first kappa shape index (κ1) is 20.3. The first-order chi connectivity index (χ1) is 15.1. The van der Waals surface area contributed by atoms with Crippen molar-refractivity contribution in [2.45, 2.75) is 19.4 Å². The molecule has 0 aliphatic carbocycles. The van der Waals surface area contributed by atoms with Crippen LogP contribution in [0.2, 0.25) is 0 Å². The number of aliphatic hydroxyl groups is 1. The Balaban J connectivity index is 1.94. The van der Waals surface area contributed by atoms with Crippen LogP contribution < -0.4 is 9.64 Å². The first-order valence-corrected chi connectivity index (χ1v) is 10.00. The van der Waals surface area contributed by atoms with Crippen LogP contribution in [0.5, 0.6) is 5.75 Å². The Kier molecular flexibility index (Phi) is 5.54. The summed E-state index contributed by atoms with van der Waals surface area (Å²) in [5.41, 5.74) is 2.74. The number of Topliss-reactive ketones (excluding diaryl/α,β-unsaturated/α-hetero) is 1. The Morgan fingerprint density at radius 3 is 2.35 bits per heavy atom. The van der Waals surface area contributed by atoms with E-state index in [9.17, 15) is 14.7 Å². The molecule has 0 spiro atoms. The molecule has 1 saturated heterocycles. The molecule has 1 amide bonds. The number of benzene rings is 2. The third kappa shape index (κ3) is 3.57. The van der Waals surface area contributed by atoms with Gasteiger partial charge in [-0.1, -0.05) is 31.2 Å². The molecule has 156 valence electrons. The SMILES string of the molecule is CCc1ccc(N2C(=O)C(=O)/C(=C(\O)c3ccccc3OC)C2c2ccncc2)cc1. The van der Waals surface area contributed by atoms with Gasteiger partial charge in [0.2, 0.25) is 0 Å². The van der Waals surface area contributed by atoms with Gasteiger partial charge in [0.15, 0.2) is 0 Å². The van der Waals surface area contributed by atoms with Crippen molar-refractivity contribution in [1.82, 2.24) is 4.98 Å². The molecule has 1 aliphatic heterocycles. The summed E-state index contributed by atoms with van der Waals surface area (Å²) in [4.78, 5) is 31.7. The van der Waals surface area contributed by atoms with Gasteiger partial charge in [0.1, 0.15) is 11.5 Å². The van der Waals surface area contributed by atoms with Crippen molar-refractivity contribution in [3.05, 3.63) is 95.3 Å². The number of aromatic nitrogens is 1. The van der Waals surface area contributed by atoms with E-state index in [4.69, 9.17) is 4.74 Å². The van der Waals surface area contributed by atoms with E-state index in [0.717, 1.165) is 12.0 Å². The van der Waals surface area contributed by atoms with Crippen LogP contribution in [0.1, 0.15) is 29.7 Å². The third-order valence-electron chi connectivity index (χ3n) is 5.45. The molecule has 0 saturated carbocycles. The number of carbonyl (C=O) groups excluding carboxylic acids is 2. The molecule has 6 nitrogen and oxygen atoms in total. The van der Waals surface area contributed by atoms with Crippen LogP contribution in [0.4, 0.5) is 5.69 Å². The van der Waals surface area contributed by atoms with E-state index in [1.165, 1.54) is 12.0 Å². The van der Waals surface area contributed by atoms with Crippen LogP contribution >= 0.6 is 0 Å². The van der Waals surface area contributed by atoms with Crippen LogP contribution in [0, 0.1) is 0 Å². The van der Waals surface area contributed by atoms with Gasteiger partial charge in [0.25, 0.3) is 11.7 Å². The number of ketones is 1. The second-order valence-corrected chi connectivity index (χ2v) is 7.17. The molecule has 2 aromatic carbocycles.